The Morgan fingerprint density at radius 3 is 2.71 bits per heavy atom. The number of ether oxygens (including phenoxy) is 1. The summed E-state index contributed by atoms with van der Waals surface area (Å²) >= 11 is 0. The van der Waals surface area contributed by atoms with Crippen LogP contribution in [0.3, 0.4) is 0 Å². The molecule has 0 saturated carbocycles. The van der Waals surface area contributed by atoms with E-state index >= 15 is 0 Å². The monoisotopic (exact) mass is 284 g/mol. The van der Waals surface area contributed by atoms with Crippen LogP contribution in [0, 0.1) is 0 Å². The van der Waals surface area contributed by atoms with Crippen molar-refractivity contribution in [1.29, 1.82) is 0 Å². The number of morpholine rings is 1. The summed E-state index contributed by atoms with van der Waals surface area (Å²) in [6.07, 6.45) is 4.05. The van der Waals surface area contributed by atoms with Gasteiger partial charge in [0, 0.05) is 30.2 Å². The van der Waals surface area contributed by atoms with Gasteiger partial charge in [-0.2, -0.15) is 0 Å². The van der Waals surface area contributed by atoms with E-state index in [1.807, 2.05) is 72.1 Å². The van der Waals surface area contributed by atoms with E-state index < -0.39 is 0 Å². The van der Waals surface area contributed by atoms with Gasteiger partial charge in [-0.25, -0.2) is 0 Å². The molecule has 0 radical (unpaired) electrons. The maximum atomic E-state index is 12.7. The normalized spacial score (nSPS) is 22.3. The second kappa shape index (κ2) is 5.74. The Hall–Kier alpha value is -2.07. The third kappa shape index (κ3) is 2.85. The van der Waals surface area contributed by atoms with Crippen LogP contribution in [-0.4, -0.2) is 40.7 Å². The molecule has 1 aliphatic rings. The van der Waals surface area contributed by atoms with E-state index in [1.54, 1.807) is 0 Å². The highest BCUT2D eigenvalue weighted by molar-refractivity contribution is 5.95. The summed E-state index contributed by atoms with van der Waals surface area (Å²) in [7, 11) is 0. The zero-order chi connectivity index (χ0) is 14.8. The minimum absolute atomic E-state index is 0.0756. The number of hydrogen-bond acceptors (Lipinski definition) is 2. The van der Waals surface area contributed by atoms with E-state index in [1.165, 1.54) is 0 Å². The van der Waals surface area contributed by atoms with Crippen LogP contribution in [0.2, 0.25) is 0 Å². The topological polar surface area (TPSA) is 34.5 Å². The first-order chi connectivity index (χ1) is 10.1. The van der Waals surface area contributed by atoms with Crippen LogP contribution in [0.25, 0.3) is 5.69 Å². The van der Waals surface area contributed by atoms with Crippen LogP contribution >= 0.6 is 0 Å². The maximum absolute atomic E-state index is 12.7. The van der Waals surface area contributed by atoms with Gasteiger partial charge in [-0.05, 0) is 44.2 Å². The van der Waals surface area contributed by atoms with Gasteiger partial charge >= 0.3 is 0 Å². The van der Waals surface area contributed by atoms with Gasteiger partial charge in [0.25, 0.3) is 5.91 Å². The molecule has 0 spiro atoms. The fraction of sp³-hybridized carbons (Fsp3) is 0.353. The van der Waals surface area contributed by atoms with E-state index in [-0.39, 0.29) is 18.1 Å². The van der Waals surface area contributed by atoms with E-state index in [4.69, 9.17) is 4.74 Å². The van der Waals surface area contributed by atoms with Crippen molar-refractivity contribution in [3.63, 3.8) is 0 Å². The van der Waals surface area contributed by atoms with Crippen LogP contribution in [0.15, 0.2) is 48.8 Å². The smallest absolute Gasteiger partial charge is 0.254 e. The molecule has 0 unspecified atom stereocenters. The highest BCUT2D eigenvalue weighted by atomic mass is 16.5. The predicted molar refractivity (Wildman–Crippen MR) is 81.7 cm³/mol. The molecule has 1 aromatic carbocycles. The fourth-order valence-corrected chi connectivity index (χ4v) is 2.66. The van der Waals surface area contributed by atoms with Crippen LogP contribution in [0.1, 0.15) is 24.2 Å². The molecule has 0 aliphatic carbocycles. The lowest BCUT2D eigenvalue weighted by atomic mass is 10.1. The van der Waals surface area contributed by atoms with Gasteiger partial charge in [0.15, 0.2) is 0 Å². The van der Waals surface area contributed by atoms with Gasteiger partial charge < -0.3 is 14.2 Å². The van der Waals surface area contributed by atoms with Crippen molar-refractivity contribution < 1.29 is 9.53 Å². The summed E-state index contributed by atoms with van der Waals surface area (Å²) in [6, 6.07) is 11.8. The SMILES string of the molecule is C[C@H]1CN(C(=O)c2cccc(-n3cccc3)c2)[C@@H](C)CO1. The first kappa shape index (κ1) is 13.9. The Balaban J connectivity index is 1.86. The van der Waals surface area contributed by atoms with Crippen molar-refractivity contribution in [3.8, 4) is 5.69 Å². The number of rotatable bonds is 2. The van der Waals surface area contributed by atoms with E-state index in [9.17, 15) is 4.79 Å². The standard InChI is InChI=1S/C17H20N2O2/c1-13-12-21-14(2)11-19(13)17(20)15-6-5-7-16(10-15)18-8-3-4-9-18/h3-10,13-14H,11-12H2,1-2H3/t13-,14-/m0/s1. The summed E-state index contributed by atoms with van der Waals surface area (Å²) in [6.45, 7) is 5.28. The number of nitrogens with zero attached hydrogens (tertiary/aromatic N) is 2. The Kier molecular flexibility index (Phi) is 3.80. The molecule has 3 rings (SSSR count). The van der Waals surface area contributed by atoms with Crippen LogP contribution < -0.4 is 0 Å². The lowest BCUT2D eigenvalue weighted by Crippen LogP contribution is -2.50. The number of aromatic nitrogens is 1. The quantitative estimate of drug-likeness (QED) is 0.850. The van der Waals surface area contributed by atoms with Crippen LogP contribution in [-0.2, 0) is 4.74 Å². The molecular weight excluding hydrogens is 264 g/mol. The van der Waals surface area contributed by atoms with E-state index in [0.29, 0.717) is 13.2 Å². The highest BCUT2D eigenvalue weighted by Gasteiger charge is 2.28. The van der Waals surface area contributed by atoms with Crippen molar-refractivity contribution in [1.82, 2.24) is 9.47 Å². The molecule has 1 saturated heterocycles. The Bertz CT molecular complexity index is 621. The first-order valence-corrected chi connectivity index (χ1v) is 7.31. The maximum Gasteiger partial charge on any atom is 0.254 e. The summed E-state index contributed by atoms with van der Waals surface area (Å²) in [5.41, 5.74) is 1.72. The number of amides is 1. The molecule has 2 aromatic rings. The second-order valence-electron chi connectivity index (χ2n) is 5.59. The van der Waals surface area contributed by atoms with Gasteiger partial charge in [-0.1, -0.05) is 6.07 Å². The summed E-state index contributed by atoms with van der Waals surface area (Å²) in [5, 5.41) is 0. The van der Waals surface area contributed by atoms with E-state index in [2.05, 4.69) is 0 Å². The van der Waals surface area contributed by atoms with Gasteiger partial charge in [-0.3, -0.25) is 4.79 Å². The van der Waals surface area contributed by atoms with Crippen molar-refractivity contribution in [2.24, 2.45) is 0 Å². The zero-order valence-electron chi connectivity index (χ0n) is 12.4. The number of carbonyl (C=O) groups is 1. The molecule has 4 heteroatoms. The molecule has 4 nitrogen and oxygen atoms in total. The number of benzene rings is 1. The Morgan fingerprint density at radius 2 is 1.95 bits per heavy atom. The third-order valence-corrected chi connectivity index (χ3v) is 3.86. The number of hydrogen-bond donors (Lipinski definition) is 0. The molecule has 1 aromatic heterocycles. The lowest BCUT2D eigenvalue weighted by Gasteiger charge is -2.36. The van der Waals surface area contributed by atoms with Crippen molar-refractivity contribution in [3.05, 3.63) is 54.4 Å². The van der Waals surface area contributed by atoms with Crippen LogP contribution in [0.5, 0.6) is 0 Å². The number of carbonyl (C=O) groups excluding carboxylic acids is 1. The first-order valence-electron chi connectivity index (χ1n) is 7.31. The molecule has 2 atom stereocenters. The minimum Gasteiger partial charge on any atom is -0.375 e. The van der Waals surface area contributed by atoms with Gasteiger partial charge in [0.2, 0.25) is 0 Å². The summed E-state index contributed by atoms with van der Waals surface area (Å²) < 4.78 is 7.59. The average Bonchev–Trinajstić information content (AvgIpc) is 3.03. The van der Waals surface area contributed by atoms with Gasteiger partial charge in [-0.15, -0.1) is 0 Å². The molecule has 21 heavy (non-hydrogen) atoms. The van der Waals surface area contributed by atoms with Crippen molar-refractivity contribution in [2.45, 2.75) is 26.0 Å². The van der Waals surface area contributed by atoms with Gasteiger partial charge in [0.1, 0.15) is 0 Å². The lowest BCUT2D eigenvalue weighted by molar-refractivity contribution is -0.0387. The Morgan fingerprint density at radius 1 is 1.19 bits per heavy atom. The molecule has 2 heterocycles. The minimum atomic E-state index is 0.0756. The summed E-state index contributed by atoms with van der Waals surface area (Å²) in [4.78, 5) is 14.6. The average molecular weight is 284 g/mol. The molecular formula is C17H20N2O2. The molecule has 1 amide bonds. The largest absolute Gasteiger partial charge is 0.375 e. The Labute approximate surface area is 124 Å². The van der Waals surface area contributed by atoms with Crippen LogP contribution in [0.4, 0.5) is 0 Å². The molecule has 110 valence electrons. The highest BCUT2D eigenvalue weighted by Crippen LogP contribution is 2.17. The fourth-order valence-electron chi connectivity index (χ4n) is 2.66. The zero-order valence-corrected chi connectivity index (χ0v) is 12.4. The van der Waals surface area contributed by atoms with E-state index in [0.717, 1.165) is 11.3 Å². The molecule has 0 N–H and O–H groups in total. The predicted octanol–water partition coefficient (Wildman–Crippen LogP) is 2.73. The molecule has 1 aliphatic heterocycles. The van der Waals surface area contributed by atoms with Crippen molar-refractivity contribution >= 4 is 5.91 Å². The van der Waals surface area contributed by atoms with Gasteiger partial charge in [0.05, 0.1) is 18.8 Å². The summed E-state index contributed by atoms with van der Waals surface area (Å²) in [5.74, 6) is 0.0756. The second-order valence-corrected chi connectivity index (χ2v) is 5.59. The molecule has 1 fully saturated rings. The third-order valence-electron chi connectivity index (χ3n) is 3.86. The molecule has 0 bridgehead atoms. The van der Waals surface area contributed by atoms with Crippen molar-refractivity contribution in [2.75, 3.05) is 13.2 Å².